The fourth-order valence-electron chi connectivity index (χ4n) is 5.04. The fraction of sp³-hybridized carbons (Fsp3) is 0.810. The van der Waals surface area contributed by atoms with E-state index in [-0.39, 0.29) is 29.5 Å². The molecule has 1 amide bonds. The third kappa shape index (κ3) is 4.85. The lowest BCUT2D eigenvalue weighted by atomic mass is 9.91. The van der Waals surface area contributed by atoms with Gasteiger partial charge in [0.1, 0.15) is 6.54 Å². The number of likely N-dealkylation sites (N-methyl/N-ethyl adjacent to an activating group) is 1. The van der Waals surface area contributed by atoms with Crippen LogP contribution >= 0.6 is 0 Å². The Morgan fingerprint density at radius 3 is 2.41 bits per heavy atom. The zero-order valence-corrected chi connectivity index (χ0v) is 19.6. The number of carbonyl (C=O) groups is 1. The standard InChI is InChI=1S/C21H36N4O3S/c1-14-9-15(2)11-24(10-14)21(26)18(5)23(6)12-20-16(3)22-25(17(20)4)19-7-8-29(27,28)13-19/h14-15,18-19H,7-13H2,1-6H3/p+1/t14-,15+,18-,19+/m0/s1. The molecule has 164 valence electrons. The molecule has 1 N–H and O–H groups in total. The Labute approximate surface area is 175 Å². The van der Waals surface area contributed by atoms with Crippen LogP contribution in [0.25, 0.3) is 0 Å². The molecule has 2 aliphatic rings. The number of carbonyl (C=O) groups excluding carboxylic acids is 1. The predicted molar refractivity (Wildman–Crippen MR) is 114 cm³/mol. The molecule has 1 aromatic heterocycles. The minimum Gasteiger partial charge on any atom is -0.337 e. The molecule has 0 aliphatic carbocycles. The number of nitrogens with one attached hydrogen (secondary N) is 1. The van der Waals surface area contributed by atoms with Gasteiger partial charge >= 0.3 is 0 Å². The predicted octanol–water partition coefficient (Wildman–Crippen LogP) is 0.767. The first kappa shape index (κ1) is 22.3. The van der Waals surface area contributed by atoms with Gasteiger partial charge in [0.05, 0.1) is 35.9 Å². The molecule has 2 fully saturated rings. The normalized spacial score (nSPS) is 29.0. The molecule has 1 unspecified atom stereocenters. The van der Waals surface area contributed by atoms with Crippen molar-refractivity contribution in [1.82, 2.24) is 14.7 Å². The van der Waals surface area contributed by atoms with Crippen LogP contribution in [-0.2, 0) is 21.2 Å². The maximum atomic E-state index is 13.1. The number of nitrogens with zero attached hydrogens (tertiary/aromatic N) is 3. The number of piperidine rings is 1. The average molecular weight is 426 g/mol. The van der Waals surface area contributed by atoms with Crippen LogP contribution in [0.1, 0.15) is 56.6 Å². The highest BCUT2D eigenvalue weighted by molar-refractivity contribution is 7.91. The van der Waals surface area contributed by atoms with E-state index in [1.165, 1.54) is 6.42 Å². The van der Waals surface area contributed by atoms with Gasteiger partial charge in [-0.05, 0) is 45.4 Å². The molecule has 0 bridgehead atoms. The molecular formula is C21H37N4O3S+. The summed E-state index contributed by atoms with van der Waals surface area (Å²) in [6.45, 7) is 12.9. The average Bonchev–Trinajstić information content (AvgIpc) is 3.12. The lowest BCUT2D eigenvalue weighted by molar-refractivity contribution is -0.908. The highest BCUT2D eigenvalue weighted by atomic mass is 32.2. The molecule has 2 aliphatic heterocycles. The topological polar surface area (TPSA) is 76.7 Å². The van der Waals surface area contributed by atoms with Gasteiger partial charge in [0, 0.05) is 18.8 Å². The highest BCUT2D eigenvalue weighted by Gasteiger charge is 2.34. The second kappa shape index (κ2) is 8.38. The molecule has 8 heteroatoms. The molecule has 3 heterocycles. The highest BCUT2D eigenvalue weighted by Crippen LogP contribution is 2.26. The van der Waals surface area contributed by atoms with Gasteiger partial charge in [-0.2, -0.15) is 5.10 Å². The Hall–Kier alpha value is -1.41. The zero-order valence-electron chi connectivity index (χ0n) is 18.7. The molecule has 0 spiro atoms. The Morgan fingerprint density at radius 1 is 1.24 bits per heavy atom. The molecule has 0 saturated carbocycles. The van der Waals surface area contributed by atoms with Gasteiger partial charge in [-0.25, -0.2) is 8.42 Å². The minimum absolute atomic E-state index is 0.0665. The molecule has 0 radical (unpaired) electrons. The van der Waals surface area contributed by atoms with Crippen molar-refractivity contribution >= 4 is 15.7 Å². The van der Waals surface area contributed by atoms with Crippen molar-refractivity contribution in [1.29, 1.82) is 0 Å². The van der Waals surface area contributed by atoms with E-state index in [2.05, 4.69) is 26.0 Å². The summed E-state index contributed by atoms with van der Waals surface area (Å²) in [5.74, 6) is 1.76. The maximum absolute atomic E-state index is 13.1. The summed E-state index contributed by atoms with van der Waals surface area (Å²) in [5, 5.41) is 4.67. The van der Waals surface area contributed by atoms with E-state index in [1.54, 1.807) is 0 Å². The smallest absolute Gasteiger partial charge is 0.280 e. The second-order valence-corrected chi connectivity index (χ2v) is 11.8. The first-order valence-corrected chi connectivity index (χ1v) is 12.7. The van der Waals surface area contributed by atoms with Crippen LogP contribution in [0, 0.1) is 25.7 Å². The quantitative estimate of drug-likeness (QED) is 0.756. The van der Waals surface area contributed by atoms with E-state index in [9.17, 15) is 13.2 Å². The van der Waals surface area contributed by atoms with E-state index in [0.29, 0.717) is 24.8 Å². The molecule has 1 aromatic rings. The monoisotopic (exact) mass is 425 g/mol. The lowest BCUT2D eigenvalue weighted by Crippen LogP contribution is -3.12. The third-order valence-corrected chi connectivity index (χ3v) is 8.53. The Morgan fingerprint density at radius 2 is 1.86 bits per heavy atom. The number of quaternary nitrogens is 1. The van der Waals surface area contributed by atoms with Gasteiger partial charge < -0.3 is 9.80 Å². The summed E-state index contributed by atoms with van der Waals surface area (Å²) in [7, 11) is -0.884. The number of amides is 1. The number of sulfone groups is 1. The van der Waals surface area contributed by atoms with Crippen molar-refractivity contribution < 1.29 is 18.1 Å². The molecule has 0 aromatic carbocycles. The molecule has 7 nitrogen and oxygen atoms in total. The van der Waals surface area contributed by atoms with Gasteiger partial charge in [0.2, 0.25) is 0 Å². The van der Waals surface area contributed by atoms with Crippen molar-refractivity contribution in [2.45, 2.75) is 66.1 Å². The second-order valence-electron chi connectivity index (χ2n) is 9.58. The molecule has 5 atom stereocenters. The summed E-state index contributed by atoms with van der Waals surface area (Å²) in [4.78, 5) is 16.3. The Balaban J connectivity index is 1.70. The number of aromatic nitrogens is 2. The number of aryl methyl sites for hydroxylation is 1. The number of hydrogen-bond donors (Lipinski definition) is 1. The number of likely N-dealkylation sites (tertiary alicyclic amines) is 1. The maximum Gasteiger partial charge on any atom is 0.280 e. The van der Waals surface area contributed by atoms with Gasteiger partial charge in [0.15, 0.2) is 15.9 Å². The first-order chi connectivity index (χ1) is 13.5. The van der Waals surface area contributed by atoms with E-state index in [1.807, 2.05) is 30.4 Å². The van der Waals surface area contributed by atoms with Gasteiger partial charge in [-0.3, -0.25) is 9.48 Å². The van der Waals surface area contributed by atoms with E-state index < -0.39 is 9.84 Å². The number of hydrogen-bond acceptors (Lipinski definition) is 4. The summed E-state index contributed by atoms with van der Waals surface area (Å²) in [6, 6.07) is -0.190. The zero-order chi connectivity index (χ0) is 21.5. The van der Waals surface area contributed by atoms with Crippen LogP contribution in [-0.4, -0.2) is 66.7 Å². The van der Waals surface area contributed by atoms with Gasteiger partial charge in [0.25, 0.3) is 5.91 Å². The van der Waals surface area contributed by atoms with Crippen LogP contribution in [0.3, 0.4) is 0 Å². The van der Waals surface area contributed by atoms with Crippen LogP contribution in [0.5, 0.6) is 0 Å². The molecule has 29 heavy (non-hydrogen) atoms. The third-order valence-electron chi connectivity index (χ3n) is 6.77. The summed E-state index contributed by atoms with van der Waals surface area (Å²) in [6.07, 6.45) is 1.82. The molecule has 3 rings (SSSR count). The van der Waals surface area contributed by atoms with Crippen molar-refractivity contribution in [3.8, 4) is 0 Å². The van der Waals surface area contributed by atoms with Crippen molar-refractivity contribution in [2.75, 3.05) is 31.6 Å². The van der Waals surface area contributed by atoms with Crippen molar-refractivity contribution in [3.05, 3.63) is 17.0 Å². The summed E-state index contributed by atoms with van der Waals surface area (Å²) < 4.78 is 25.6. The van der Waals surface area contributed by atoms with Crippen molar-refractivity contribution in [2.24, 2.45) is 11.8 Å². The summed E-state index contributed by atoms with van der Waals surface area (Å²) >= 11 is 0. The van der Waals surface area contributed by atoms with E-state index in [4.69, 9.17) is 0 Å². The van der Waals surface area contributed by atoms with E-state index in [0.717, 1.165) is 34.9 Å². The van der Waals surface area contributed by atoms with Crippen LogP contribution in [0.4, 0.5) is 0 Å². The Bertz CT molecular complexity index is 854. The summed E-state index contributed by atoms with van der Waals surface area (Å²) in [5.41, 5.74) is 3.10. The molecule has 2 saturated heterocycles. The van der Waals surface area contributed by atoms with Crippen molar-refractivity contribution in [3.63, 3.8) is 0 Å². The largest absolute Gasteiger partial charge is 0.337 e. The van der Waals surface area contributed by atoms with Crippen LogP contribution < -0.4 is 4.90 Å². The van der Waals surface area contributed by atoms with Crippen LogP contribution in [0.2, 0.25) is 0 Å². The van der Waals surface area contributed by atoms with Gasteiger partial charge in [-0.15, -0.1) is 0 Å². The molecular weight excluding hydrogens is 388 g/mol. The first-order valence-electron chi connectivity index (χ1n) is 10.8. The number of rotatable bonds is 5. The minimum atomic E-state index is -2.95. The van der Waals surface area contributed by atoms with Gasteiger partial charge in [-0.1, -0.05) is 13.8 Å². The van der Waals surface area contributed by atoms with Crippen LogP contribution in [0.15, 0.2) is 0 Å². The lowest BCUT2D eigenvalue weighted by Gasteiger charge is -2.37. The van der Waals surface area contributed by atoms with E-state index >= 15 is 0 Å². The SMILES string of the molecule is Cc1nn([C@@H]2CCS(=O)(=O)C2)c(C)c1C[NH+](C)[C@@H](C)C(=O)N1C[C@H](C)C[C@H](C)C1. The fourth-order valence-corrected chi connectivity index (χ4v) is 6.73. The Kier molecular flexibility index (Phi) is 6.44.